The molecule has 1 aromatic rings. The van der Waals surface area contributed by atoms with Crippen molar-refractivity contribution in [1.29, 1.82) is 0 Å². The van der Waals surface area contributed by atoms with Crippen LogP contribution in [0.3, 0.4) is 0 Å². The highest BCUT2D eigenvalue weighted by atomic mass is 32.1. The number of rotatable bonds is 12. The van der Waals surface area contributed by atoms with Crippen LogP contribution in [0.25, 0.3) is 0 Å². The Kier molecular flexibility index (Phi) is 10.4. The third-order valence-electron chi connectivity index (χ3n) is 3.94. The van der Waals surface area contributed by atoms with Gasteiger partial charge in [-0.2, -0.15) is 0 Å². The summed E-state index contributed by atoms with van der Waals surface area (Å²) in [5, 5.41) is 2.49. The zero-order valence-electron chi connectivity index (χ0n) is 16.0. The molecule has 1 amide bonds. The van der Waals surface area contributed by atoms with Gasteiger partial charge in [-0.3, -0.25) is 4.79 Å². The van der Waals surface area contributed by atoms with Crippen molar-refractivity contribution in [2.24, 2.45) is 5.92 Å². The topological polar surface area (TPSA) is 59.5 Å². The quantitative estimate of drug-likeness (QED) is 0.397. The summed E-state index contributed by atoms with van der Waals surface area (Å²) >= 11 is 1.41. The van der Waals surface area contributed by atoms with Crippen LogP contribution >= 0.6 is 11.3 Å². The minimum absolute atomic E-state index is 0.185. The number of hydrogen-bond donors (Lipinski definition) is 0. The number of hydrogen-bond acceptors (Lipinski definition) is 5. The van der Waals surface area contributed by atoms with Crippen molar-refractivity contribution >= 4 is 23.2 Å². The van der Waals surface area contributed by atoms with E-state index in [1.165, 1.54) is 24.2 Å². The van der Waals surface area contributed by atoms with Crippen LogP contribution in [0.2, 0.25) is 0 Å². The summed E-state index contributed by atoms with van der Waals surface area (Å²) in [5.41, 5.74) is 0.334. The van der Waals surface area contributed by atoms with Gasteiger partial charge in [0, 0.05) is 18.3 Å². The fourth-order valence-electron chi connectivity index (χ4n) is 2.41. The molecule has 0 bridgehead atoms. The lowest BCUT2D eigenvalue weighted by atomic mass is 10.1. The van der Waals surface area contributed by atoms with Gasteiger partial charge in [-0.15, -0.1) is 11.3 Å². The van der Waals surface area contributed by atoms with Gasteiger partial charge in [-0.1, -0.05) is 40.0 Å². The number of aromatic nitrogens is 1. The summed E-state index contributed by atoms with van der Waals surface area (Å²) in [5.74, 6) is 0.330. The Morgan fingerprint density at radius 3 is 2.64 bits per heavy atom. The third kappa shape index (κ3) is 8.47. The van der Waals surface area contributed by atoms with E-state index in [2.05, 4.69) is 25.8 Å². The molecule has 6 heteroatoms. The van der Waals surface area contributed by atoms with Crippen LogP contribution in [0, 0.1) is 5.92 Å². The van der Waals surface area contributed by atoms with Gasteiger partial charge in [-0.05, 0) is 25.7 Å². The Bertz CT molecular complexity index is 528. The van der Waals surface area contributed by atoms with Crippen molar-refractivity contribution in [2.75, 3.05) is 13.2 Å². The Morgan fingerprint density at radius 1 is 1.24 bits per heavy atom. The van der Waals surface area contributed by atoms with Gasteiger partial charge in [0.05, 0.1) is 13.2 Å². The first kappa shape index (κ1) is 21.6. The zero-order chi connectivity index (χ0) is 18.7. The molecular weight excluding hydrogens is 336 g/mol. The number of amides is 1. The smallest absolute Gasteiger partial charge is 0.357 e. The number of unbranched alkanes of at least 4 members (excludes halogenated alkanes) is 3. The Balaban J connectivity index is 2.66. The summed E-state index contributed by atoms with van der Waals surface area (Å²) in [6, 6.07) is 0. The van der Waals surface area contributed by atoms with E-state index in [0.717, 1.165) is 30.8 Å². The standard InChI is InChI=1S/C19H32N2O3S/c1-5-7-8-9-10-18(22)21(12-11-15(3)4)13-17-20-16(14-25-17)19(23)24-6-2/h14-15H,5-13H2,1-4H3. The first-order valence-electron chi connectivity index (χ1n) is 9.37. The van der Waals surface area contributed by atoms with Gasteiger partial charge in [0.1, 0.15) is 5.01 Å². The van der Waals surface area contributed by atoms with Gasteiger partial charge < -0.3 is 9.64 Å². The first-order chi connectivity index (χ1) is 12.0. The number of carbonyl (C=O) groups excluding carboxylic acids is 2. The van der Waals surface area contributed by atoms with Gasteiger partial charge in [0.15, 0.2) is 5.69 Å². The molecule has 5 nitrogen and oxygen atoms in total. The summed E-state index contributed by atoms with van der Waals surface area (Å²) in [7, 11) is 0. The monoisotopic (exact) mass is 368 g/mol. The molecule has 0 radical (unpaired) electrons. The minimum Gasteiger partial charge on any atom is -0.461 e. The van der Waals surface area contributed by atoms with E-state index in [0.29, 0.717) is 31.2 Å². The summed E-state index contributed by atoms with van der Waals surface area (Å²) < 4.78 is 4.97. The van der Waals surface area contributed by atoms with E-state index in [1.807, 2.05) is 4.90 Å². The average molecular weight is 369 g/mol. The molecular formula is C19H32N2O3S. The second kappa shape index (κ2) is 12.0. The summed E-state index contributed by atoms with van der Waals surface area (Å²) in [6.07, 6.45) is 5.95. The molecule has 1 rings (SSSR count). The Morgan fingerprint density at radius 2 is 2.00 bits per heavy atom. The molecule has 1 aromatic heterocycles. The molecule has 25 heavy (non-hydrogen) atoms. The molecule has 0 saturated carbocycles. The predicted molar refractivity (Wildman–Crippen MR) is 102 cm³/mol. The molecule has 0 spiro atoms. The normalized spacial score (nSPS) is 10.9. The van der Waals surface area contributed by atoms with Crippen molar-refractivity contribution in [3.05, 3.63) is 16.1 Å². The first-order valence-corrected chi connectivity index (χ1v) is 10.2. The molecule has 0 aliphatic carbocycles. The molecule has 0 atom stereocenters. The molecule has 1 heterocycles. The summed E-state index contributed by atoms with van der Waals surface area (Å²) in [4.78, 5) is 30.5. The van der Waals surface area contributed by atoms with Crippen molar-refractivity contribution in [3.63, 3.8) is 0 Å². The van der Waals surface area contributed by atoms with Crippen LogP contribution in [0.5, 0.6) is 0 Å². The molecule has 0 aliphatic rings. The largest absolute Gasteiger partial charge is 0.461 e. The molecule has 142 valence electrons. The van der Waals surface area contributed by atoms with Crippen LogP contribution in [-0.2, 0) is 16.1 Å². The van der Waals surface area contributed by atoms with Crippen LogP contribution in [0.1, 0.15) is 81.7 Å². The highest BCUT2D eigenvalue weighted by molar-refractivity contribution is 7.09. The molecule has 0 N–H and O–H groups in total. The lowest BCUT2D eigenvalue weighted by Gasteiger charge is -2.22. The lowest BCUT2D eigenvalue weighted by Crippen LogP contribution is -2.32. The maximum atomic E-state index is 12.6. The number of thiazole rings is 1. The molecule has 0 fully saturated rings. The fraction of sp³-hybridized carbons (Fsp3) is 0.737. The van der Waals surface area contributed by atoms with Crippen molar-refractivity contribution in [1.82, 2.24) is 9.88 Å². The number of ether oxygens (including phenoxy) is 1. The Hall–Kier alpha value is -1.43. The van der Waals surface area contributed by atoms with Crippen LogP contribution in [-0.4, -0.2) is 34.9 Å². The lowest BCUT2D eigenvalue weighted by molar-refractivity contribution is -0.132. The minimum atomic E-state index is -0.398. The van der Waals surface area contributed by atoms with E-state index >= 15 is 0 Å². The highest BCUT2D eigenvalue weighted by Crippen LogP contribution is 2.16. The van der Waals surface area contributed by atoms with Gasteiger partial charge >= 0.3 is 5.97 Å². The maximum absolute atomic E-state index is 12.6. The van der Waals surface area contributed by atoms with Crippen molar-refractivity contribution in [2.45, 2.75) is 72.8 Å². The van der Waals surface area contributed by atoms with Crippen LogP contribution in [0.15, 0.2) is 5.38 Å². The molecule has 0 saturated heterocycles. The van der Waals surface area contributed by atoms with Crippen LogP contribution < -0.4 is 0 Å². The average Bonchev–Trinajstić information content (AvgIpc) is 3.04. The van der Waals surface area contributed by atoms with E-state index in [1.54, 1.807) is 12.3 Å². The molecule has 0 aromatic carbocycles. The van der Waals surface area contributed by atoms with Crippen LogP contribution in [0.4, 0.5) is 0 Å². The van der Waals surface area contributed by atoms with Gasteiger partial charge in [-0.25, -0.2) is 9.78 Å². The summed E-state index contributed by atoms with van der Waals surface area (Å²) in [6.45, 7) is 9.80. The predicted octanol–water partition coefficient (Wildman–Crippen LogP) is 4.66. The SMILES string of the molecule is CCCCCCC(=O)N(CCC(C)C)Cc1nc(C(=O)OCC)cs1. The zero-order valence-corrected chi connectivity index (χ0v) is 16.9. The van der Waals surface area contributed by atoms with E-state index in [4.69, 9.17) is 4.74 Å². The van der Waals surface area contributed by atoms with Gasteiger partial charge in [0.2, 0.25) is 5.91 Å². The Labute approximate surface area is 155 Å². The number of nitrogens with zero attached hydrogens (tertiary/aromatic N) is 2. The molecule has 0 aliphatic heterocycles. The second-order valence-electron chi connectivity index (χ2n) is 6.66. The van der Waals surface area contributed by atoms with E-state index < -0.39 is 5.97 Å². The third-order valence-corrected chi connectivity index (χ3v) is 4.77. The molecule has 0 unspecified atom stereocenters. The van der Waals surface area contributed by atoms with Crippen molar-refractivity contribution < 1.29 is 14.3 Å². The van der Waals surface area contributed by atoms with Gasteiger partial charge in [0.25, 0.3) is 0 Å². The maximum Gasteiger partial charge on any atom is 0.357 e. The van der Waals surface area contributed by atoms with Crippen molar-refractivity contribution in [3.8, 4) is 0 Å². The second-order valence-corrected chi connectivity index (χ2v) is 7.60. The van der Waals surface area contributed by atoms with E-state index in [-0.39, 0.29) is 5.91 Å². The van der Waals surface area contributed by atoms with E-state index in [9.17, 15) is 9.59 Å². The highest BCUT2D eigenvalue weighted by Gasteiger charge is 2.18. The number of carbonyl (C=O) groups is 2. The fourth-order valence-corrected chi connectivity index (χ4v) is 3.19. The number of esters is 1.